The third kappa shape index (κ3) is 57.6. The number of aliphatic hydroxyl groups is 2. The summed E-state index contributed by atoms with van der Waals surface area (Å²) in [7, 11) is 0. The molecule has 0 fully saturated rings. The van der Waals surface area contributed by atoms with Gasteiger partial charge in [0.1, 0.15) is 0 Å². The summed E-state index contributed by atoms with van der Waals surface area (Å²) >= 11 is 0. The largest absolute Gasteiger partial charge is 0.465 e. The van der Waals surface area contributed by atoms with Crippen molar-refractivity contribution in [2.75, 3.05) is 13.2 Å². The lowest BCUT2D eigenvalue weighted by Crippen LogP contribution is -2.45. The Balaban J connectivity index is 3.44. The zero-order chi connectivity index (χ0) is 52.2. The van der Waals surface area contributed by atoms with Gasteiger partial charge in [0, 0.05) is 12.8 Å². The fourth-order valence-corrected chi connectivity index (χ4v) is 10.3. The first-order valence-corrected chi connectivity index (χ1v) is 32.6. The Morgan fingerprint density at radius 1 is 0.389 bits per heavy atom. The van der Waals surface area contributed by atoms with Crippen LogP contribution in [0.4, 0.5) is 0 Å². The summed E-state index contributed by atoms with van der Waals surface area (Å²) < 4.78 is 5.43. The quantitative estimate of drug-likeness (QED) is 0.0320. The van der Waals surface area contributed by atoms with Gasteiger partial charge in [0.25, 0.3) is 0 Å². The van der Waals surface area contributed by atoms with E-state index in [2.05, 4.69) is 43.5 Å². The van der Waals surface area contributed by atoms with E-state index in [0.29, 0.717) is 25.9 Å². The maximum atomic E-state index is 12.5. The van der Waals surface area contributed by atoms with Gasteiger partial charge in [-0.05, 0) is 44.9 Å². The molecular formula is C66H127NO5. The third-order valence-electron chi connectivity index (χ3n) is 15.3. The van der Waals surface area contributed by atoms with E-state index < -0.39 is 12.1 Å². The Morgan fingerprint density at radius 3 is 1.06 bits per heavy atom. The predicted molar refractivity (Wildman–Crippen MR) is 315 cm³/mol. The first-order chi connectivity index (χ1) is 35.5. The Bertz CT molecular complexity index is 1120. The highest BCUT2D eigenvalue weighted by atomic mass is 16.5. The van der Waals surface area contributed by atoms with Crippen LogP contribution in [0.15, 0.2) is 24.3 Å². The summed E-state index contributed by atoms with van der Waals surface area (Å²) in [5, 5.41) is 23.4. The van der Waals surface area contributed by atoms with Crippen LogP contribution < -0.4 is 5.32 Å². The zero-order valence-electron chi connectivity index (χ0n) is 48.7. The summed E-state index contributed by atoms with van der Waals surface area (Å²) in [6, 6.07) is -0.546. The van der Waals surface area contributed by atoms with E-state index in [1.807, 2.05) is 0 Å². The van der Waals surface area contributed by atoms with Crippen molar-refractivity contribution in [1.82, 2.24) is 5.32 Å². The van der Waals surface area contributed by atoms with Gasteiger partial charge in [-0.3, -0.25) is 9.59 Å². The molecule has 3 N–H and O–H groups in total. The molecule has 0 aromatic carbocycles. The van der Waals surface area contributed by atoms with Gasteiger partial charge < -0.3 is 20.3 Å². The molecule has 2 atom stereocenters. The Labute approximate surface area is 450 Å². The number of hydrogen-bond acceptors (Lipinski definition) is 5. The van der Waals surface area contributed by atoms with E-state index in [4.69, 9.17) is 4.74 Å². The molecule has 6 heteroatoms. The average Bonchev–Trinajstić information content (AvgIpc) is 3.38. The minimum Gasteiger partial charge on any atom is -0.465 e. The Morgan fingerprint density at radius 2 is 0.694 bits per heavy atom. The van der Waals surface area contributed by atoms with E-state index in [9.17, 15) is 19.8 Å². The molecule has 0 aliphatic carbocycles. The number of allylic oxidation sites excluding steroid dienone is 3. The van der Waals surface area contributed by atoms with E-state index >= 15 is 0 Å². The molecular weight excluding hydrogens is 887 g/mol. The van der Waals surface area contributed by atoms with Crippen LogP contribution in [0.1, 0.15) is 361 Å². The highest BCUT2D eigenvalue weighted by Crippen LogP contribution is 2.18. The Kier molecular flexibility index (Phi) is 60.5. The number of rotatable bonds is 61. The number of nitrogens with one attached hydrogen (secondary N) is 1. The van der Waals surface area contributed by atoms with Gasteiger partial charge in [-0.2, -0.15) is 0 Å². The maximum Gasteiger partial charge on any atom is 0.305 e. The van der Waals surface area contributed by atoms with Crippen molar-refractivity contribution in [3.8, 4) is 0 Å². The SMILES string of the molecule is CCCCCCCCCCCCCCCCCCCCCC(O)C(CO)NC(=O)CCCCCCCCCCCCCCCC/C=C\C/C=C\CCOC(=O)CCCCCCCCCCCCCCCCC. The number of carbonyl (C=O) groups is 2. The number of ether oxygens (including phenoxy) is 1. The van der Waals surface area contributed by atoms with E-state index in [1.54, 1.807) is 0 Å². The molecule has 0 aromatic heterocycles. The number of esters is 1. The highest BCUT2D eigenvalue weighted by Gasteiger charge is 2.20. The average molecular weight is 1010 g/mol. The van der Waals surface area contributed by atoms with Crippen LogP contribution in [0.2, 0.25) is 0 Å². The van der Waals surface area contributed by atoms with E-state index in [0.717, 1.165) is 51.4 Å². The second-order valence-electron chi connectivity index (χ2n) is 22.5. The highest BCUT2D eigenvalue weighted by molar-refractivity contribution is 5.76. The summed E-state index contributed by atoms with van der Waals surface area (Å²) in [5.41, 5.74) is 0. The fourth-order valence-electron chi connectivity index (χ4n) is 10.3. The van der Waals surface area contributed by atoms with Gasteiger partial charge >= 0.3 is 5.97 Å². The van der Waals surface area contributed by atoms with Crippen molar-refractivity contribution in [3.63, 3.8) is 0 Å². The number of unbranched alkanes of at least 4 members (excludes halogenated alkanes) is 46. The zero-order valence-corrected chi connectivity index (χ0v) is 48.7. The monoisotopic (exact) mass is 1010 g/mol. The minimum absolute atomic E-state index is 0.0316. The van der Waals surface area contributed by atoms with Crippen molar-refractivity contribution in [1.29, 1.82) is 0 Å². The molecule has 0 bridgehead atoms. The summed E-state index contributed by atoms with van der Waals surface area (Å²) in [5.74, 6) is -0.0679. The normalized spacial score (nSPS) is 12.7. The molecule has 0 heterocycles. The molecule has 0 saturated heterocycles. The minimum atomic E-state index is -0.668. The van der Waals surface area contributed by atoms with Crippen LogP contribution in [-0.2, 0) is 14.3 Å². The lowest BCUT2D eigenvalue weighted by atomic mass is 10.0. The van der Waals surface area contributed by atoms with Crippen LogP contribution in [0.25, 0.3) is 0 Å². The first kappa shape index (κ1) is 70.3. The molecule has 0 spiro atoms. The van der Waals surface area contributed by atoms with Crippen molar-refractivity contribution in [2.24, 2.45) is 0 Å². The topological polar surface area (TPSA) is 95.9 Å². The second kappa shape index (κ2) is 61.9. The molecule has 426 valence electrons. The van der Waals surface area contributed by atoms with Crippen molar-refractivity contribution < 1.29 is 24.5 Å². The lowest BCUT2D eigenvalue weighted by Gasteiger charge is -2.22. The molecule has 0 rings (SSSR count). The molecule has 0 aliphatic rings. The van der Waals surface area contributed by atoms with Crippen LogP contribution in [0, 0.1) is 0 Å². The maximum absolute atomic E-state index is 12.5. The molecule has 0 aromatic rings. The molecule has 6 nitrogen and oxygen atoms in total. The van der Waals surface area contributed by atoms with Gasteiger partial charge in [-0.15, -0.1) is 0 Å². The third-order valence-corrected chi connectivity index (χ3v) is 15.3. The number of aliphatic hydroxyl groups excluding tert-OH is 2. The molecule has 0 saturated carbocycles. The smallest absolute Gasteiger partial charge is 0.305 e. The van der Waals surface area contributed by atoms with E-state index in [1.165, 1.54) is 276 Å². The van der Waals surface area contributed by atoms with Gasteiger partial charge in [0.15, 0.2) is 0 Å². The predicted octanol–water partition coefficient (Wildman–Crippen LogP) is 20.6. The summed E-state index contributed by atoms with van der Waals surface area (Å²) in [6.45, 7) is 4.88. The van der Waals surface area contributed by atoms with Gasteiger partial charge in [0.2, 0.25) is 5.91 Å². The number of amides is 1. The van der Waals surface area contributed by atoms with Gasteiger partial charge in [0.05, 0.1) is 25.4 Å². The Hall–Kier alpha value is -1.66. The molecule has 0 aliphatic heterocycles. The van der Waals surface area contributed by atoms with Crippen LogP contribution in [0.3, 0.4) is 0 Å². The van der Waals surface area contributed by atoms with Gasteiger partial charge in [-0.1, -0.05) is 327 Å². The van der Waals surface area contributed by atoms with Crippen LogP contribution in [-0.4, -0.2) is 47.4 Å². The van der Waals surface area contributed by atoms with Crippen LogP contribution >= 0.6 is 0 Å². The molecule has 0 radical (unpaired) electrons. The fraction of sp³-hybridized carbons (Fsp3) is 0.909. The number of hydrogen-bond donors (Lipinski definition) is 3. The summed E-state index contributed by atoms with van der Waals surface area (Å²) in [4.78, 5) is 24.6. The van der Waals surface area contributed by atoms with Crippen molar-refractivity contribution in [2.45, 2.75) is 373 Å². The molecule has 1 amide bonds. The number of carbonyl (C=O) groups excluding carboxylic acids is 2. The van der Waals surface area contributed by atoms with Gasteiger partial charge in [-0.25, -0.2) is 0 Å². The first-order valence-electron chi connectivity index (χ1n) is 32.6. The standard InChI is InChI=1S/C66H127NO5/c1-3-5-7-9-11-13-15-17-19-20-24-27-31-34-38-42-46-50-54-58-64(69)63(62-68)67-65(70)59-55-51-47-43-39-35-32-28-25-22-21-23-26-29-33-37-41-45-49-53-57-61-72-66(71)60-56-52-48-44-40-36-30-18-16-14-12-10-8-6-4-2/h37,41,49,53,63-64,68-69H,3-36,38-40,42-48,50-52,54-62H2,1-2H3,(H,67,70)/b41-37-,53-49-. The summed E-state index contributed by atoms with van der Waals surface area (Å²) in [6.07, 6.45) is 76.4. The lowest BCUT2D eigenvalue weighted by molar-refractivity contribution is -0.143. The molecule has 72 heavy (non-hydrogen) atoms. The van der Waals surface area contributed by atoms with Crippen molar-refractivity contribution in [3.05, 3.63) is 24.3 Å². The second-order valence-corrected chi connectivity index (χ2v) is 22.5. The molecule has 2 unspecified atom stereocenters. The van der Waals surface area contributed by atoms with E-state index in [-0.39, 0.29) is 18.5 Å². The van der Waals surface area contributed by atoms with Crippen LogP contribution in [0.5, 0.6) is 0 Å². The van der Waals surface area contributed by atoms with Crippen molar-refractivity contribution >= 4 is 11.9 Å².